The van der Waals surface area contributed by atoms with Crippen LogP contribution in [0.25, 0.3) is 10.9 Å². The molecule has 1 aromatic heterocycles. The van der Waals surface area contributed by atoms with E-state index in [4.69, 9.17) is 0 Å². The molecular weight excluding hydrogens is 277 g/mol. The molecule has 0 saturated heterocycles. The molecule has 0 fully saturated rings. The number of nitrogens with zero attached hydrogens (tertiary/aromatic N) is 1. The Hall–Kier alpha value is -2.14. The molecule has 0 atom stereocenters. The molecule has 0 aliphatic carbocycles. The molecule has 2 aromatic carbocycles. The van der Waals surface area contributed by atoms with Crippen LogP contribution in [-0.4, -0.2) is 12.4 Å². The third-order valence-electron chi connectivity index (χ3n) is 3.23. The highest BCUT2D eigenvalue weighted by molar-refractivity contribution is 7.90. The summed E-state index contributed by atoms with van der Waals surface area (Å²) < 4.78 is 39.7. The Morgan fingerprint density at radius 3 is 2.45 bits per heavy atom. The van der Waals surface area contributed by atoms with Gasteiger partial charge < -0.3 is 0 Å². The van der Waals surface area contributed by atoms with Crippen LogP contribution in [0.4, 0.5) is 4.39 Å². The average molecular weight is 289 g/mol. The largest absolute Gasteiger partial charge is 0.268 e. The fraction of sp³-hybridized carbons (Fsp3) is 0.0667. The first-order chi connectivity index (χ1) is 9.50. The van der Waals surface area contributed by atoms with Gasteiger partial charge in [-0.25, -0.2) is 16.8 Å². The number of aromatic nitrogens is 1. The Bertz CT molecular complexity index is 883. The van der Waals surface area contributed by atoms with Crippen molar-refractivity contribution in [1.82, 2.24) is 3.97 Å². The van der Waals surface area contributed by atoms with Gasteiger partial charge in [-0.15, -0.1) is 0 Å². The van der Waals surface area contributed by atoms with E-state index in [0.29, 0.717) is 10.9 Å². The van der Waals surface area contributed by atoms with E-state index < -0.39 is 10.0 Å². The van der Waals surface area contributed by atoms with Gasteiger partial charge in [0.2, 0.25) is 0 Å². The first kappa shape index (κ1) is 12.9. The molecule has 0 bridgehead atoms. The number of aryl methyl sites for hydroxylation is 1. The Morgan fingerprint density at radius 1 is 1.05 bits per heavy atom. The molecule has 3 rings (SSSR count). The van der Waals surface area contributed by atoms with Crippen molar-refractivity contribution in [3.8, 4) is 0 Å². The Kier molecular flexibility index (Phi) is 2.87. The van der Waals surface area contributed by atoms with Crippen LogP contribution in [0.1, 0.15) is 5.56 Å². The van der Waals surface area contributed by atoms with Crippen molar-refractivity contribution in [3.05, 3.63) is 66.1 Å². The van der Waals surface area contributed by atoms with Gasteiger partial charge in [-0.05, 0) is 42.8 Å². The molecule has 20 heavy (non-hydrogen) atoms. The third-order valence-corrected chi connectivity index (χ3v) is 4.92. The topological polar surface area (TPSA) is 39.1 Å². The lowest BCUT2D eigenvalue weighted by molar-refractivity contribution is 0.589. The van der Waals surface area contributed by atoms with E-state index in [2.05, 4.69) is 0 Å². The summed E-state index contributed by atoms with van der Waals surface area (Å²) in [5, 5.41) is 0.601. The van der Waals surface area contributed by atoms with Gasteiger partial charge in [0.05, 0.1) is 10.4 Å². The van der Waals surface area contributed by atoms with Crippen LogP contribution >= 0.6 is 0 Å². The number of hydrogen-bond donors (Lipinski definition) is 0. The van der Waals surface area contributed by atoms with Gasteiger partial charge in [-0.3, -0.25) is 0 Å². The number of rotatable bonds is 2. The Balaban J connectivity index is 2.31. The zero-order valence-corrected chi connectivity index (χ0v) is 11.6. The van der Waals surface area contributed by atoms with Gasteiger partial charge in [-0.2, -0.15) is 0 Å². The molecule has 1 heterocycles. The Morgan fingerprint density at radius 2 is 1.75 bits per heavy atom. The highest BCUT2D eigenvalue weighted by Gasteiger charge is 2.19. The van der Waals surface area contributed by atoms with Crippen molar-refractivity contribution in [3.63, 3.8) is 0 Å². The van der Waals surface area contributed by atoms with Gasteiger partial charge in [0.15, 0.2) is 0 Å². The molecule has 0 amide bonds. The summed E-state index contributed by atoms with van der Waals surface area (Å²) in [7, 11) is -3.66. The van der Waals surface area contributed by atoms with Crippen LogP contribution in [0.3, 0.4) is 0 Å². The summed E-state index contributed by atoms with van der Waals surface area (Å²) in [5.41, 5.74) is 1.20. The van der Waals surface area contributed by atoms with E-state index in [9.17, 15) is 12.8 Å². The van der Waals surface area contributed by atoms with E-state index in [1.807, 2.05) is 0 Å². The number of hydrogen-bond acceptors (Lipinski definition) is 2. The quantitative estimate of drug-likeness (QED) is 0.726. The predicted octanol–water partition coefficient (Wildman–Crippen LogP) is 3.33. The summed E-state index contributed by atoms with van der Waals surface area (Å²) in [6, 6.07) is 12.3. The smallest absolute Gasteiger partial charge is 0.241 e. The van der Waals surface area contributed by atoms with Crippen LogP contribution in [0, 0.1) is 12.7 Å². The molecule has 3 nitrogen and oxygen atoms in total. The van der Waals surface area contributed by atoms with Crippen molar-refractivity contribution >= 4 is 20.9 Å². The van der Waals surface area contributed by atoms with E-state index in [1.54, 1.807) is 37.3 Å². The van der Waals surface area contributed by atoms with Gasteiger partial charge in [0.1, 0.15) is 5.82 Å². The second-order valence-electron chi connectivity index (χ2n) is 4.59. The van der Waals surface area contributed by atoms with E-state index in [1.165, 1.54) is 28.4 Å². The van der Waals surface area contributed by atoms with Gasteiger partial charge >= 0.3 is 0 Å². The lowest BCUT2D eigenvalue weighted by Gasteiger charge is -2.07. The normalized spacial score (nSPS) is 11.9. The maximum atomic E-state index is 13.3. The highest BCUT2D eigenvalue weighted by atomic mass is 32.2. The minimum absolute atomic E-state index is 0.209. The summed E-state index contributed by atoms with van der Waals surface area (Å²) in [6.45, 7) is 1.76. The van der Waals surface area contributed by atoms with Crippen LogP contribution in [0.2, 0.25) is 0 Å². The lowest BCUT2D eigenvalue weighted by atomic mass is 10.2. The van der Waals surface area contributed by atoms with Crippen LogP contribution in [0.5, 0.6) is 0 Å². The molecule has 0 radical (unpaired) electrons. The summed E-state index contributed by atoms with van der Waals surface area (Å²) in [5.74, 6) is -0.379. The number of fused-ring (bicyclic) bond motifs is 1. The second kappa shape index (κ2) is 4.45. The van der Waals surface area contributed by atoms with Crippen LogP contribution in [-0.2, 0) is 10.0 Å². The first-order valence-electron chi connectivity index (χ1n) is 6.08. The predicted molar refractivity (Wildman–Crippen MR) is 75.7 cm³/mol. The van der Waals surface area contributed by atoms with E-state index in [0.717, 1.165) is 5.56 Å². The fourth-order valence-corrected chi connectivity index (χ4v) is 3.68. The minimum atomic E-state index is -3.66. The Labute approximate surface area is 116 Å². The minimum Gasteiger partial charge on any atom is -0.241 e. The molecule has 0 unspecified atom stereocenters. The molecule has 0 saturated carbocycles. The van der Waals surface area contributed by atoms with E-state index >= 15 is 0 Å². The first-order valence-corrected chi connectivity index (χ1v) is 7.52. The van der Waals surface area contributed by atoms with Crippen LogP contribution < -0.4 is 0 Å². The lowest BCUT2D eigenvalue weighted by Crippen LogP contribution is -2.11. The molecule has 102 valence electrons. The van der Waals surface area contributed by atoms with Crippen molar-refractivity contribution in [2.24, 2.45) is 0 Å². The molecule has 0 N–H and O–H groups in total. The van der Waals surface area contributed by atoms with Crippen molar-refractivity contribution in [1.29, 1.82) is 0 Å². The van der Waals surface area contributed by atoms with Crippen molar-refractivity contribution < 1.29 is 12.8 Å². The molecule has 0 aliphatic heterocycles. The summed E-state index contributed by atoms with van der Waals surface area (Å²) in [6.07, 6.45) is 1.52. The number of benzene rings is 2. The van der Waals surface area contributed by atoms with Crippen molar-refractivity contribution in [2.45, 2.75) is 11.8 Å². The third kappa shape index (κ3) is 1.91. The maximum absolute atomic E-state index is 13.3. The maximum Gasteiger partial charge on any atom is 0.268 e. The van der Waals surface area contributed by atoms with Gasteiger partial charge in [0, 0.05) is 11.6 Å². The zero-order chi connectivity index (χ0) is 14.3. The van der Waals surface area contributed by atoms with Crippen molar-refractivity contribution in [2.75, 3.05) is 0 Å². The molecule has 0 spiro atoms. The van der Waals surface area contributed by atoms with E-state index in [-0.39, 0.29) is 10.7 Å². The van der Waals surface area contributed by atoms with Crippen LogP contribution in [0.15, 0.2) is 59.6 Å². The van der Waals surface area contributed by atoms with Gasteiger partial charge in [-0.1, -0.05) is 18.2 Å². The SMILES string of the molecule is Cc1cn(S(=O)(=O)c2ccccc2)c2ccc(F)cc12. The monoisotopic (exact) mass is 289 g/mol. The highest BCUT2D eigenvalue weighted by Crippen LogP contribution is 2.26. The average Bonchev–Trinajstić information content (AvgIpc) is 2.77. The standard InChI is InChI=1S/C15H12FNO2S/c1-11-10-17(15-8-7-12(16)9-14(11)15)20(18,19)13-5-3-2-4-6-13/h2-10H,1H3. The summed E-state index contributed by atoms with van der Waals surface area (Å²) >= 11 is 0. The second-order valence-corrected chi connectivity index (χ2v) is 6.40. The summed E-state index contributed by atoms with van der Waals surface area (Å²) in [4.78, 5) is 0.209. The molecule has 5 heteroatoms. The fourth-order valence-electron chi connectivity index (χ4n) is 2.24. The molecule has 0 aliphatic rings. The zero-order valence-electron chi connectivity index (χ0n) is 10.7. The van der Waals surface area contributed by atoms with Gasteiger partial charge in [0.25, 0.3) is 10.0 Å². The molecular formula is C15H12FNO2S. The molecule has 3 aromatic rings. The number of halogens is 1.